The fraction of sp³-hybridized carbons (Fsp3) is 0.316. The molecule has 0 fully saturated rings. The summed E-state index contributed by atoms with van der Waals surface area (Å²) in [5.41, 5.74) is 5.63. The molecule has 0 radical (unpaired) electrons. The van der Waals surface area contributed by atoms with Gasteiger partial charge in [0.25, 0.3) is 11.8 Å². The number of amides is 2. The zero-order chi connectivity index (χ0) is 19.5. The van der Waals surface area contributed by atoms with Crippen LogP contribution in [-0.2, 0) is 27.2 Å². The molecule has 2 amide bonds. The summed E-state index contributed by atoms with van der Waals surface area (Å²) in [6, 6.07) is 8.82. The van der Waals surface area contributed by atoms with Crippen molar-refractivity contribution < 1.29 is 28.6 Å². The Balaban J connectivity index is 1.21. The van der Waals surface area contributed by atoms with E-state index >= 15 is 0 Å². The third-order valence-electron chi connectivity index (χ3n) is 4.41. The van der Waals surface area contributed by atoms with E-state index in [0.29, 0.717) is 16.4 Å². The van der Waals surface area contributed by atoms with Crippen LogP contribution in [0.5, 0.6) is 11.5 Å². The van der Waals surface area contributed by atoms with Gasteiger partial charge in [-0.15, -0.1) is 11.3 Å². The third kappa shape index (κ3) is 3.94. The van der Waals surface area contributed by atoms with Gasteiger partial charge >= 0.3 is 5.97 Å². The van der Waals surface area contributed by atoms with Gasteiger partial charge in [-0.05, 0) is 43.0 Å². The normalized spacial score (nSPS) is 16.8. The fourth-order valence-corrected chi connectivity index (χ4v) is 4.18. The van der Waals surface area contributed by atoms with Crippen molar-refractivity contribution in [3.63, 3.8) is 0 Å². The van der Waals surface area contributed by atoms with Crippen molar-refractivity contribution >= 4 is 29.1 Å². The van der Waals surface area contributed by atoms with E-state index in [1.54, 1.807) is 24.3 Å². The van der Waals surface area contributed by atoms with Gasteiger partial charge in [-0.1, -0.05) is 12.1 Å². The highest BCUT2D eigenvalue weighted by molar-refractivity contribution is 7.14. The summed E-state index contributed by atoms with van der Waals surface area (Å²) in [6.45, 7) is -0.469. The molecule has 146 valence electrons. The molecule has 1 aliphatic carbocycles. The number of benzene rings is 1. The van der Waals surface area contributed by atoms with E-state index in [9.17, 15) is 14.4 Å². The Morgan fingerprint density at radius 1 is 1.14 bits per heavy atom. The highest BCUT2D eigenvalue weighted by Gasteiger charge is 2.27. The van der Waals surface area contributed by atoms with E-state index in [-0.39, 0.29) is 6.61 Å². The molecule has 0 saturated carbocycles. The number of rotatable bonds is 4. The Morgan fingerprint density at radius 2 is 1.96 bits per heavy atom. The van der Waals surface area contributed by atoms with Crippen LogP contribution in [0, 0.1) is 0 Å². The minimum atomic E-state index is -0.897. The van der Waals surface area contributed by atoms with E-state index in [1.165, 1.54) is 21.8 Å². The predicted molar refractivity (Wildman–Crippen MR) is 99.3 cm³/mol. The Labute approximate surface area is 164 Å². The molecule has 28 heavy (non-hydrogen) atoms. The molecule has 1 atom stereocenters. The number of para-hydroxylation sites is 2. The van der Waals surface area contributed by atoms with Gasteiger partial charge in [-0.2, -0.15) is 0 Å². The summed E-state index contributed by atoms with van der Waals surface area (Å²) in [5.74, 6) is -0.743. The second kappa shape index (κ2) is 7.89. The van der Waals surface area contributed by atoms with Crippen LogP contribution in [0.1, 0.15) is 26.5 Å². The number of hydrazine groups is 1. The van der Waals surface area contributed by atoms with Crippen LogP contribution >= 0.6 is 11.3 Å². The Kier molecular flexibility index (Phi) is 5.16. The number of nitrogens with one attached hydrogen (secondary N) is 2. The average molecular weight is 402 g/mol. The standard InChI is InChI=1S/C19H18N2O6S/c22-17(10-26-19(24)16-8-11-4-3-7-15(11)28-16)20-21-18(23)14-9-25-12-5-1-2-6-13(12)27-14/h1-2,5-6,8,14H,3-4,7,9-10H2,(H,20,22)(H,21,23)/t14-/m0/s1. The Hall–Kier alpha value is -3.07. The third-order valence-corrected chi connectivity index (χ3v) is 5.63. The largest absolute Gasteiger partial charge is 0.485 e. The first-order valence-corrected chi connectivity index (χ1v) is 9.67. The van der Waals surface area contributed by atoms with Crippen LogP contribution in [0.3, 0.4) is 0 Å². The Bertz CT molecular complexity index is 903. The second-order valence-corrected chi connectivity index (χ2v) is 7.53. The molecule has 2 heterocycles. The average Bonchev–Trinajstić information content (AvgIpc) is 3.32. The van der Waals surface area contributed by atoms with Crippen molar-refractivity contribution in [2.75, 3.05) is 13.2 Å². The van der Waals surface area contributed by atoms with Gasteiger partial charge in [0.15, 0.2) is 18.1 Å². The van der Waals surface area contributed by atoms with Gasteiger partial charge < -0.3 is 14.2 Å². The molecule has 2 aliphatic rings. The molecule has 2 N–H and O–H groups in total. The molecule has 1 aromatic carbocycles. The molecule has 0 saturated heterocycles. The molecule has 0 spiro atoms. The van der Waals surface area contributed by atoms with Crippen molar-refractivity contribution in [2.45, 2.75) is 25.4 Å². The summed E-state index contributed by atoms with van der Waals surface area (Å²) in [7, 11) is 0. The quantitative estimate of drug-likeness (QED) is 0.592. The topological polar surface area (TPSA) is 103 Å². The number of hydrogen-bond acceptors (Lipinski definition) is 7. The summed E-state index contributed by atoms with van der Waals surface area (Å²) < 4.78 is 16.0. The van der Waals surface area contributed by atoms with Crippen molar-refractivity contribution in [3.05, 3.63) is 45.6 Å². The lowest BCUT2D eigenvalue weighted by Crippen LogP contribution is -2.51. The molecule has 1 aromatic heterocycles. The van der Waals surface area contributed by atoms with Crippen molar-refractivity contribution in [2.24, 2.45) is 0 Å². The van der Waals surface area contributed by atoms with Gasteiger partial charge in [-0.25, -0.2) is 4.79 Å². The van der Waals surface area contributed by atoms with Crippen LogP contribution in [-0.4, -0.2) is 37.1 Å². The lowest BCUT2D eigenvalue weighted by Gasteiger charge is -2.25. The number of aryl methyl sites for hydroxylation is 2. The first kappa shape index (κ1) is 18.3. The summed E-state index contributed by atoms with van der Waals surface area (Å²) in [5, 5.41) is 0. The van der Waals surface area contributed by atoms with E-state index in [0.717, 1.165) is 19.3 Å². The molecule has 2 aromatic rings. The van der Waals surface area contributed by atoms with Gasteiger partial charge in [-0.3, -0.25) is 20.4 Å². The maximum absolute atomic E-state index is 12.1. The zero-order valence-corrected chi connectivity index (χ0v) is 15.7. The van der Waals surface area contributed by atoms with Gasteiger partial charge in [0.2, 0.25) is 6.10 Å². The smallest absolute Gasteiger partial charge is 0.348 e. The maximum Gasteiger partial charge on any atom is 0.348 e. The van der Waals surface area contributed by atoms with Crippen molar-refractivity contribution in [1.29, 1.82) is 0 Å². The van der Waals surface area contributed by atoms with E-state index in [2.05, 4.69) is 10.9 Å². The summed E-state index contributed by atoms with van der Waals surface area (Å²) in [6.07, 6.45) is 2.17. The SMILES string of the molecule is O=C(COC(=O)c1cc2c(s1)CCC2)NNC(=O)[C@@H]1COc2ccccc2O1. The number of hydrogen-bond donors (Lipinski definition) is 2. The van der Waals surface area contributed by atoms with Crippen LogP contribution in [0.25, 0.3) is 0 Å². The lowest BCUT2D eigenvalue weighted by atomic mass is 10.2. The fourth-order valence-electron chi connectivity index (χ4n) is 3.03. The number of ether oxygens (including phenoxy) is 3. The first-order valence-electron chi connectivity index (χ1n) is 8.86. The summed E-state index contributed by atoms with van der Waals surface area (Å²) >= 11 is 1.41. The minimum Gasteiger partial charge on any atom is -0.485 e. The van der Waals surface area contributed by atoms with Gasteiger partial charge in [0.05, 0.1) is 0 Å². The molecule has 0 bridgehead atoms. The second-order valence-electron chi connectivity index (χ2n) is 6.39. The van der Waals surface area contributed by atoms with Crippen molar-refractivity contribution in [1.82, 2.24) is 10.9 Å². The number of esters is 1. The highest BCUT2D eigenvalue weighted by Crippen LogP contribution is 2.31. The van der Waals surface area contributed by atoms with Crippen LogP contribution in [0.15, 0.2) is 30.3 Å². The minimum absolute atomic E-state index is 0.0246. The van der Waals surface area contributed by atoms with E-state index in [1.807, 2.05) is 6.07 Å². The molecular formula is C19H18N2O6S. The predicted octanol–water partition coefficient (Wildman–Crippen LogP) is 1.38. The van der Waals surface area contributed by atoms with Gasteiger partial charge in [0, 0.05) is 4.88 Å². The molecule has 1 aliphatic heterocycles. The lowest BCUT2D eigenvalue weighted by molar-refractivity contribution is -0.135. The summed E-state index contributed by atoms with van der Waals surface area (Å²) in [4.78, 5) is 37.7. The molecule has 8 nitrogen and oxygen atoms in total. The molecule has 4 rings (SSSR count). The van der Waals surface area contributed by atoms with E-state index in [4.69, 9.17) is 14.2 Å². The molecular weight excluding hydrogens is 384 g/mol. The zero-order valence-electron chi connectivity index (χ0n) is 14.9. The monoisotopic (exact) mass is 402 g/mol. The number of fused-ring (bicyclic) bond motifs is 2. The van der Waals surface area contributed by atoms with Crippen LogP contribution < -0.4 is 20.3 Å². The highest BCUT2D eigenvalue weighted by atomic mass is 32.1. The van der Waals surface area contributed by atoms with Crippen LogP contribution in [0.2, 0.25) is 0 Å². The number of thiophene rings is 1. The van der Waals surface area contributed by atoms with Gasteiger partial charge in [0.1, 0.15) is 11.5 Å². The molecule has 0 unspecified atom stereocenters. The number of carbonyl (C=O) groups excluding carboxylic acids is 3. The van der Waals surface area contributed by atoms with Crippen molar-refractivity contribution in [3.8, 4) is 11.5 Å². The van der Waals surface area contributed by atoms with E-state index < -0.39 is 30.5 Å². The maximum atomic E-state index is 12.1. The molecule has 9 heteroatoms. The van der Waals surface area contributed by atoms with Crippen LogP contribution in [0.4, 0.5) is 0 Å². The number of carbonyl (C=O) groups is 3. The Morgan fingerprint density at radius 3 is 2.79 bits per heavy atom. The first-order chi connectivity index (χ1) is 13.6.